The van der Waals surface area contributed by atoms with Crippen molar-refractivity contribution in [3.8, 4) is 17.2 Å². The number of anilines is 1. The third-order valence-corrected chi connectivity index (χ3v) is 7.14. The van der Waals surface area contributed by atoms with Crippen LogP contribution < -0.4 is 19.1 Å². The summed E-state index contributed by atoms with van der Waals surface area (Å²) in [6, 6.07) is 16.2. The van der Waals surface area contributed by atoms with Crippen molar-refractivity contribution < 1.29 is 17.9 Å². The number of methoxy groups -OCH3 is 1. The molecule has 31 heavy (non-hydrogen) atoms. The minimum absolute atomic E-state index is 0.0186. The van der Waals surface area contributed by atoms with E-state index in [1.54, 1.807) is 49.5 Å². The Morgan fingerprint density at radius 2 is 1.74 bits per heavy atom. The summed E-state index contributed by atoms with van der Waals surface area (Å²) in [5, 5.41) is 0.335. The first kappa shape index (κ1) is 21.2. The highest BCUT2D eigenvalue weighted by Gasteiger charge is 2.19. The van der Waals surface area contributed by atoms with Gasteiger partial charge >= 0.3 is 4.87 Å². The van der Waals surface area contributed by atoms with Gasteiger partial charge in [0, 0.05) is 12.1 Å². The van der Waals surface area contributed by atoms with Crippen molar-refractivity contribution in [2.24, 2.45) is 7.05 Å². The number of rotatable bonds is 6. The molecule has 0 atom stereocenters. The maximum Gasteiger partial charge on any atom is 0.307 e. The number of hydrogen-bond donors (Lipinski definition) is 1. The van der Waals surface area contributed by atoms with Gasteiger partial charge in [0.1, 0.15) is 0 Å². The van der Waals surface area contributed by atoms with E-state index in [1.165, 1.54) is 29.9 Å². The highest BCUT2D eigenvalue weighted by atomic mass is 35.5. The number of para-hydroxylation sites is 2. The number of sulfonamides is 1. The van der Waals surface area contributed by atoms with Crippen LogP contribution in [0.5, 0.6) is 17.2 Å². The minimum atomic E-state index is -3.98. The molecule has 0 spiro atoms. The zero-order valence-electron chi connectivity index (χ0n) is 16.5. The lowest BCUT2D eigenvalue weighted by atomic mass is 10.3. The quantitative estimate of drug-likeness (QED) is 0.429. The van der Waals surface area contributed by atoms with E-state index in [2.05, 4.69) is 4.72 Å². The third-order valence-electron chi connectivity index (χ3n) is 4.55. The summed E-state index contributed by atoms with van der Waals surface area (Å²) in [7, 11) is -0.825. The van der Waals surface area contributed by atoms with Crippen molar-refractivity contribution in [2.45, 2.75) is 4.90 Å². The van der Waals surface area contributed by atoms with Crippen LogP contribution in [0.25, 0.3) is 10.2 Å². The summed E-state index contributed by atoms with van der Waals surface area (Å²) in [5.74, 6) is 1.17. The lowest BCUT2D eigenvalue weighted by Crippen LogP contribution is -2.13. The zero-order valence-corrected chi connectivity index (χ0v) is 18.8. The zero-order chi connectivity index (χ0) is 22.2. The van der Waals surface area contributed by atoms with Crippen LogP contribution in [0.3, 0.4) is 0 Å². The van der Waals surface area contributed by atoms with E-state index in [4.69, 9.17) is 21.1 Å². The molecule has 0 bridgehead atoms. The molecule has 0 amide bonds. The fourth-order valence-corrected chi connectivity index (χ4v) is 5.23. The number of thiazole rings is 1. The molecule has 160 valence electrons. The molecule has 4 aromatic rings. The largest absolute Gasteiger partial charge is 0.493 e. The monoisotopic (exact) mass is 476 g/mol. The van der Waals surface area contributed by atoms with E-state index in [9.17, 15) is 13.2 Å². The molecular formula is C21H17ClN2O5S2. The number of benzene rings is 3. The van der Waals surface area contributed by atoms with E-state index < -0.39 is 10.0 Å². The van der Waals surface area contributed by atoms with Gasteiger partial charge in [-0.15, -0.1) is 0 Å². The average molecular weight is 477 g/mol. The van der Waals surface area contributed by atoms with Crippen LogP contribution in [0.1, 0.15) is 0 Å². The van der Waals surface area contributed by atoms with Crippen LogP contribution in [0.4, 0.5) is 5.69 Å². The van der Waals surface area contributed by atoms with Crippen LogP contribution in [0.2, 0.25) is 5.02 Å². The Bertz CT molecular complexity index is 1440. The Kier molecular flexibility index (Phi) is 5.65. The second-order valence-electron chi connectivity index (χ2n) is 6.56. The Labute approximate surface area is 187 Å². The third kappa shape index (κ3) is 4.25. The predicted molar refractivity (Wildman–Crippen MR) is 122 cm³/mol. The highest BCUT2D eigenvalue weighted by molar-refractivity contribution is 7.92. The van der Waals surface area contributed by atoms with Gasteiger partial charge in [-0.3, -0.25) is 9.52 Å². The molecule has 0 aliphatic carbocycles. The number of ether oxygens (including phenoxy) is 2. The molecule has 10 heteroatoms. The molecular weight excluding hydrogens is 460 g/mol. The number of halogens is 1. The number of aryl methyl sites for hydroxylation is 1. The average Bonchev–Trinajstić information content (AvgIpc) is 3.03. The number of fused-ring (bicyclic) bond motifs is 1. The van der Waals surface area contributed by atoms with Crippen molar-refractivity contribution >= 4 is 48.9 Å². The number of aromatic nitrogens is 1. The van der Waals surface area contributed by atoms with Crippen LogP contribution in [0, 0.1) is 0 Å². The second-order valence-corrected chi connectivity index (χ2v) is 9.67. The van der Waals surface area contributed by atoms with Crippen molar-refractivity contribution in [3.05, 3.63) is 75.4 Å². The van der Waals surface area contributed by atoms with Crippen molar-refractivity contribution in [2.75, 3.05) is 11.8 Å². The smallest absolute Gasteiger partial charge is 0.307 e. The lowest BCUT2D eigenvalue weighted by Gasteiger charge is -2.15. The summed E-state index contributed by atoms with van der Waals surface area (Å²) >= 11 is 7.08. The SMILES string of the molecule is COc1ccccc1Oc1ccc(Cl)cc1NS(=O)(=O)c1ccc2c(c1)sc(=O)n2C. The Hall–Kier alpha value is -3.01. The number of nitrogens with zero attached hydrogens (tertiary/aromatic N) is 1. The molecule has 0 saturated carbocycles. The van der Waals surface area contributed by atoms with Gasteiger partial charge in [-0.1, -0.05) is 35.1 Å². The summed E-state index contributed by atoms with van der Waals surface area (Å²) < 4.78 is 41.9. The number of hydrogen-bond acceptors (Lipinski definition) is 6. The molecule has 0 aliphatic heterocycles. The Morgan fingerprint density at radius 3 is 2.48 bits per heavy atom. The van der Waals surface area contributed by atoms with E-state index in [0.29, 0.717) is 26.7 Å². The van der Waals surface area contributed by atoms with Crippen molar-refractivity contribution in [1.29, 1.82) is 0 Å². The molecule has 0 saturated heterocycles. The highest BCUT2D eigenvalue weighted by Crippen LogP contribution is 2.37. The first-order valence-corrected chi connectivity index (χ1v) is 11.7. The van der Waals surface area contributed by atoms with Gasteiger partial charge in [0.25, 0.3) is 10.0 Å². The van der Waals surface area contributed by atoms with E-state index in [0.717, 1.165) is 11.3 Å². The lowest BCUT2D eigenvalue weighted by molar-refractivity contribution is 0.379. The fourth-order valence-electron chi connectivity index (χ4n) is 2.98. The first-order chi connectivity index (χ1) is 14.8. The van der Waals surface area contributed by atoms with Gasteiger partial charge in [-0.05, 0) is 48.5 Å². The fraction of sp³-hybridized carbons (Fsp3) is 0.0952. The van der Waals surface area contributed by atoms with Crippen LogP contribution in [-0.4, -0.2) is 20.1 Å². The van der Waals surface area contributed by atoms with E-state index in [1.807, 2.05) is 0 Å². The summed E-state index contributed by atoms with van der Waals surface area (Å²) in [6.07, 6.45) is 0. The molecule has 0 fully saturated rings. The van der Waals surface area contributed by atoms with Gasteiger partial charge < -0.3 is 14.0 Å². The minimum Gasteiger partial charge on any atom is -0.493 e. The van der Waals surface area contributed by atoms with Crippen LogP contribution in [-0.2, 0) is 17.1 Å². The van der Waals surface area contributed by atoms with E-state index in [-0.39, 0.29) is 21.2 Å². The topological polar surface area (TPSA) is 86.6 Å². The molecule has 1 heterocycles. The van der Waals surface area contributed by atoms with Gasteiger partial charge in [-0.25, -0.2) is 8.42 Å². The molecule has 0 unspecified atom stereocenters. The van der Waals surface area contributed by atoms with Gasteiger partial charge in [-0.2, -0.15) is 0 Å². The molecule has 7 nitrogen and oxygen atoms in total. The Morgan fingerprint density at radius 1 is 1.00 bits per heavy atom. The van der Waals surface area contributed by atoms with Crippen molar-refractivity contribution in [3.63, 3.8) is 0 Å². The first-order valence-electron chi connectivity index (χ1n) is 9.01. The molecule has 1 aromatic heterocycles. The predicted octanol–water partition coefficient (Wildman–Crippen LogP) is 4.86. The van der Waals surface area contributed by atoms with Gasteiger partial charge in [0.15, 0.2) is 17.2 Å². The Balaban J connectivity index is 1.71. The van der Waals surface area contributed by atoms with Crippen molar-refractivity contribution in [1.82, 2.24) is 4.57 Å². The second kappa shape index (κ2) is 8.26. The summed E-state index contributed by atoms with van der Waals surface area (Å²) in [6.45, 7) is 0. The maximum absolute atomic E-state index is 13.1. The number of nitrogens with one attached hydrogen (secondary N) is 1. The molecule has 3 aromatic carbocycles. The molecule has 1 N–H and O–H groups in total. The standard InChI is InChI=1S/C21H17ClN2O5S2/c1-24-16-9-8-14(12-20(16)30-21(24)25)31(26,27)23-15-11-13(22)7-10-17(15)29-19-6-4-3-5-18(19)28-2/h3-12,23H,1-2H3. The molecule has 0 radical (unpaired) electrons. The summed E-state index contributed by atoms with van der Waals surface area (Å²) in [4.78, 5) is 11.7. The molecule has 0 aliphatic rings. The van der Waals surface area contributed by atoms with Gasteiger partial charge in [0.05, 0.1) is 27.9 Å². The normalized spacial score (nSPS) is 11.5. The molecule has 4 rings (SSSR count). The van der Waals surface area contributed by atoms with E-state index >= 15 is 0 Å². The summed E-state index contributed by atoms with van der Waals surface area (Å²) in [5.41, 5.74) is 0.830. The maximum atomic E-state index is 13.1. The van der Waals surface area contributed by atoms with Gasteiger partial charge in [0.2, 0.25) is 0 Å². The van der Waals surface area contributed by atoms with Crippen LogP contribution in [0.15, 0.2) is 70.4 Å². The van der Waals surface area contributed by atoms with Crippen LogP contribution >= 0.6 is 22.9 Å².